The van der Waals surface area contributed by atoms with E-state index in [1.54, 1.807) is 13.0 Å². The molecule has 2 heterocycles. The molecule has 0 aliphatic carbocycles. The molecule has 1 aromatic heterocycles. The number of aryl methyl sites for hydroxylation is 1. The molecule has 1 atom stereocenters. The number of rotatable bonds is 1. The first-order chi connectivity index (χ1) is 6.63. The van der Waals surface area contributed by atoms with Gasteiger partial charge in [-0.3, -0.25) is 9.59 Å². The lowest BCUT2D eigenvalue weighted by Gasteiger charge is -2.20. The summed E-state index contributed by atoms with van der Waals surface area (Å²) in [7, 11) is 0. The molecule has 2 rings (SSSR count). The Morgan fingerprint density at radius 2 is 2.29 bits per heavy atom. The highest BCUT2D eigenvalue weighted by Gasteiger charge is 2.33. The van der Waals surface area contributed by atoms with Crippen molar-refractivity contribution in [1.29, 1.82) is 0 Å². The molecule has 5 nitrogen and oxygen atoms in total. The van der Waals surface area contributed by atoms with E-state index >= 15 is 0 Å². The summed E-state index contributed by atoms with van der Waals surface area (Å²) in [5.74, 6) is -0.590. The number of nitrogens with zero attached hydrogens (tertiary/aromatic N) is 2. The van der Waals surface area contributed by atoms with Crippen molar-refractivity contribution in [3.8, 4) is 0 Å². The summed E-state index contributed by atoms with van der Waals surface area (Å²) in [4.78, 5) is 23.1. The van der Waals surface area contributed by atoms with Gasteiger partial charge >= 0.3 is 0 Å². The Morgan fingerprint density at radius 3 is 2.93 bits per heavy atom. The second-order valence-corrected chi connectivity index (χ2v) is 3.37. The van der Waals surface area contributed by atoms with Crippen molar-refractivity contribution >= 4 is 17.6 Å². The molecular weight excluding hydrogens is 182 g/mol. The maximum atomic E-state index is 11.7. The van der Waals surface area contributed by atoms with Crippen LogP contribution in [0.15, 0.2) is 6.07 Å². The highest BCUT2D eigenvalue weighted by atomic mass is 16.2. The predicted molar refractivity (Wildman–Crippen MR) is 50.0 cm³/mol. The first-order valence-corrected chi connectivity index (χ1v) is 4.55. The molecule has 0 saturated heterocycles. The minimum atomic E-state index is -0.596. The third-order valence-corrected chi connectivity index (χ3v) is 2.31. The Balaban J connectivity index is 2.48. The standard InChI is InChI=1S/C9H11N3O2/c1-3-6-8(13)10-7-4-5(2)11-12(7)9(6)14/h4,6H,3H2,1-2H3,(H,10,13). The summed E-state index contributed by atoms with van der Waals surface area (Å²) in [6.07, 6.45) is 0.503. The summed E-state index contributed by atoms with van der Waals surface area (Å²) < 4.78 is 1.27. The Kier molecular flexibility index (Phi) is 1.87. The van der Waals surface area contributed by atoms with Crippen LogP contribution in [0.25, 0.3) is 0 Å². The average Bonchev–Trinajstić information content (AvgIpc) is 2.47. The van der Waals surface area contributed by atoms with E-state index in [4.69, 9.17) is 0 Å². The largest absolute Gasteiger partial charge is 0.310 e. The maximum absolute atomic E-state index is 11.7. The lowest BCUT2D eigenvalue weighted by molar-refractivity contribution is -0.119. The summed E-state index contributed by atoms with van der Waals surface area (Å²) >= 11 is 0. The van der Waals surface area contributed by atoms with Crippen molar-refractivity contribution in [3.05, 3.63) is 11.8 Å². The van der Waals surface area contributed by atoms with Gasteiger partial charge in [-0.1, -0.05) is 6.92 Å². The van der Waals surface area contributed by atoms with E-state index < -0.39 is 5.92 Å². The zero-order valence-electron chi connectivity index (χ0n) is 8.07. The molecular formula is C9H11N3O2. The average molecular weight is 193 g/mol. The molecule has 74 valence electrons. The maximum Gasteiger partial charge on any atom is 0.261 e. The fraction of sp³-hybridized carbons (Fsp3) is 0.444. The van der Waals surface area contributed by atoms with Crippen LogP contribution in [0.4, 0.5) is 5.82 Å². The van der Waals surface area contributed by atoms with Gasteiger partial charge in [0.25, 0.3) is 5.91 Å². The van der Waals surface area contributed by atoms with Gasteiger partial charge in [-0.25, -0.2) is 0 Å². The van der Waals surface area contributed by atoms with Gasteiger partial charge in [-0.15, -0.1) is 0 Å². The Morgan fingerprint density at radius 1 is 1.57 bits per heavy atom. The number of fused-ring (bicyclic) bond motifs is 1. The number of amides is 1. The fourth-order valence-corrected chi connectivity index (χ4v) is 1.59. The second kappa shape index (κ2) is 2.94. The van der Waals surface area contributed by atoms with Crippen molar-refractivity contribution < 1.29 is 9.59 Å². The van der Waals surface area contributed by atoms with E-state index in [9.17, 15) is 9.59 Å². The van der Waals surface area contributed by atoms with E-state index in [1.807, 2.05) is 6.92 Å². The third kappa shape index (κ3) is 1.13. The molecule has 0 spiro atoms. The van der Waals surface area contributed by atoms with Crippen molar-refractivity contribution in [3.63, 3.8) is 0 Å². The van der Waals surface area contributed by atoms with E-state index in [1.165, 1.54) is 4.68 Å². The number of hydrogen-bond donors (Lipinski definition) is 1. The van der Waals surface area contributed by atoms with Gasteiger partial charge in [0.15, 0.2) is 0 Å². The highest BCUT2D eigenvalue weighted by Crippen LogP contribution is 2.20. The normalized spacial score (nSPS) is 20.6. The third-order valence-electron chi connectivity index (χ3n) is 2.31. The van der Waals surface area contributed by atoms with E-state index in [2.05, 4.69) is 10.4 Å². The molecule has 0 saturated carbocycles. The zero-order valence-corrected chi connectivity index (χ0v) is 8.07. The first kappa shape index (κ1) is 8.93. The summed E-state index contributed by atoms with van der Waals surface area (Å²) in [6.45, 7) is 3.59. The SMILES string of the molecule is CCC1C(=O)Nc2cc(C)nn2C1=O. The molecule has 1 aliphatic rings. The Labute approximate surface area is 81.1 Å². The van der Waals surface area contributed by atoms with E-state index in [0.717, 1.165) is 5.69 Å². The van der Waals surface area contributed by atoms with Crippen molar-refractivity contribution in [2.24, 2.45) is 5.92 Å². The molecule has 1 aromatic rings. The molecule has 0 bridgehead atoms. The Hall–Kier alpha value is -1.65. The van der Waals surface area contributed by atoms with Crippen molar-refractivity contribution in [2.45, 2.75) is 20.3 Å². The van der Waals surface area contributed by atoms with Crippen LogP contribution in [0.2, 0.25) is 0 Å². The summed E-state index contributed by atoms with van der Waals surface area (Å²) in [5, 5.41) is 6.67. The van der Waals surface area contributed by atoms with E-state index in [-0.39, 0.29) is 11.8 Å². The number of nitrogens with one attached hydrogen (secondary N) is 1. The van der Waals surface area contributed by atoms with Crippen LogP contribution >= 0.6 is 0 Å². The zero-order chi connectivity index (χ0) is 10.3. The van der Waals surface area contributed by atoms with Gasteiger partial charge in [-0.05, 0) is 13.3 Å². The van der Waals surface area contributed by atoms with Crippen LogP contribution in [-0.4, -0.2) is 21.6 Å². The first-order valence-electron chi connectivity index (χ1n) is 4.55. The number of hydrogen-bond acceptors (Lipinski definition) is 3. The van der Waals surface area contributed by atoms with Crippen LogP contribution in [0.5, 0.6) is 0 Å². The lowest BCUT2D eigenvalue weighted by Crippen LogP contribution is -2.39. The second-order valence-electron chi connectivity index (χ2n) is 3.37. The topological polar surface area (TPSA) is 64.0 Å². The minimum absolute atomic E-state index is 0.232. The molecule has 0 radical (unpaired) electrons. The molecule has 1 N–H and O–H groups in total. The van der Waals surface area contributed by atoms with Gasteiger partial charge in [0.05, 0.1) is 5.69 Å². The summed E-state index contributed by atoms with van der Waals surface area (Å²) in [5.41, 5.74) is 0.727. The number of aromatic nitrogens is 2. The predicted octanol–water partition coefficient (Wildman–Crippen LogP) is 0.810. The van der Waals surface area contributed by atoms with E-state index in [0.29, 0.717) is 12.2 Å². The quantitative estimate of drug-likeness (QED) is 0.671. The van der Waals surface area contributed by atoms with Crippen LogP contribution in [0.3, 0.4) is 0 Å². The monoisotopic (exact) mass is 193 g/mol. The number of carbonyl (C=O) groups excluding carboxylic acids is 2. The van der Waals surface area contributed by atoms with Crippen LogP contribution in [0.1, 0.15) is 23.8 Å². The molecule has 1 amide bonds. The lowest BCUT2D eigenvalue weighted by atomic mass is 10.0. The highest BCUT2D eigenvalue weighted by molar-refractivity contribution is 6.11. The molecule has 14 heavy (non-hydrogen) atoms. The molecule has 1 unspecified atom stereocenters. The van der Waals surface area contributed by atoms with Gasteiger partial charge in [0.2, 0.25) is 5.91 Å². The molecule has 1 aliphatic heterocycles. The van der Waals surface area contributed by atoms with Crippen LogP contribution < -0.4 is 5.32 Å². The molecule has 5 heteroatoms. The van der Waals surface area contributed by atoms with Crippen LogP contribution in [-0.2, 0) is 4.79 Å². The smallest absolute Gasteiger partial charge is 0.261 e. The fourth-order valence-electron chi connectivity index (χ4n) is 1.59. The number of carbonyl (C=O) groups is 2. The Bertz CT molecular complexity index is 408. The molecule has 0 fully saturated rings. The van der Waals surface area contributed by atoms with Crippen LogP contribution in [0, 0.1) is 12.8 Å². The molecule has 0 aromatic carbocycles. The van der Waals surface area contributed by atoms with Gasteiger partial charge in [0, 0.05) is 6.07 Å². The minimum Gasteiger partial charge on any atom is -0.310 e. The van der Waals surface area contributed by atoms with Gasteiger partial charge in [0.1, 0.15) is 11.7 Å². The van der Waals surface area contributed by atoms with Gasteiger partial charge in [-0.2, -0.15) is 9.78 Å². The number of anilines is 1. The van der Waals surface area contributed by atoms with Crippen molar-refractivity contribution in [2.75, 3.05) is 5.32 Å². The summed E-state index contributed by atoms with van der Waals surface area (Å²) in [6, 6.07) is 1.68. The van der Waals surface area contributed by atoms with Crippen molar-refractivity contribution in [1.82, 2.24) is 9.78 Å². The van der Waals surface area contributed by atoms with Gasteiger partial charge < -0.3 is 5.32 Å².